The van der Waals surface area contributed by atoms with Crippen LogP contribution < -0.4 is 10.1 Å². The van der Waals surface area contributed by atoms with E-state index in [0.717, 1.165) is 23.4 Å². The summed E-state index contributed by atoms with van der Waals surface area (Å²) in [6, 6.07) is 4.93. The third kappa shape index (κ3) is 3.11. The van der Waals surface area contributed by atoms with Gasteiger partial charge in [0.15, 0.2) is 22.4 Å². The van der Waals surface area contributed by atoms with E-state index >= 15 is 0 Å². The Balaban J connectivity index is 1.88. The van der Waals surface area contributed by atoms with Crippen molar-refractivity contribution < 1.29 is 19.4 Å². The second-order valence-electron chi connectivity index (χ2n) is 6.83. The van der Waals surface area contributed by atoms with Crippen LogP contribution in [0.25, 0.3) is 0 Å². The first kappa shape index (κ1) is 18.7. The molecule has 1 aromatic carbocycles. The quantitative estimate of drug-likeness (QED) is 0.814. The van der Waals surface area contributed by atoms with Crippen molar-refractivity contribution in [3.05, 3.63) is 35.0 Å². The molecular formula is C20H21N3O4S. The molecule has 1 amide bonds. The number of ketones is 1. The first-order valence-electron chi connectivity index (χ1n) is 9.27. The molecule has 146 valence electrons. The Morgan fingerprint density at radius 3 is 2.82 bits per heavy atom. The zero-order valence-corrected chi connectivity index (χ0v) is 16.5. The molecule has 2 N–H and O–H groups in total. The van der Waals surface area contributed by atoms with Crippen molar-refractivity contribution in [3.8, 4) is 11.5 Å². The van der Waals surface area contributed by atoms with Gasteiger partial charge in [-0.25, -0.2) is 9.98 Å². The minimum absolute atomic E-state index is 0.00729. The third-order valence-electron chi connectivity index (χ3n) is 5.17. The van der Waals surface area contributed by atoms with Gasteiger partial charge in [0, 0.05) is 23.6 Å². The number of aliphatic imine (C=N–C) groups is 2. The first-order chi connectivity index (χ1) is 13.5. The summed E-state index contributed by atoms with van der Waals surface area (Å²) in [6.45, 7) is 1.99. The number of Topliss-reactive ketones (excluding diaryl/α,β-unsaturated/α-hetero) is 1. The molecule has 2 heterocycles. The van der Waals surface area contributed by atoms with Crippen molar-refractivity contribution in [2.24, 2.45) is 15.9 Å². The number of fused-ring (bicyclic) bond motifs is 1. The normalized spacial score (nSPS) is 24.1. The number of methoxy groups -OCH3 is 1. The molecule has 0 saturated heterocycles. The lowest BCUT2D eigenvalue weighted by molar-refractivity contribution is -0.122. The first-order valence-corrected chi connectivity index (χ1v) is 10.3. The van der Waals surface area contributed by atoms with E-state index in [4.69, 9.17) is 4.74 Å². The largest absolute Gasteiger partial charge is 0.504 e. The maximum absolute atomic E-state index is 13.0. The number of hydrogen-bond donors (Lipinski definition) is 2. The van der Waals surface area contributed by atoms with Gasteiger partial charge in [-0.15, -0.1) is 0 Å². The van der Waals surface area contributed by atoms with Crippen LogP contribution in [0.15, 0.2) is 39.5 Å². The number of carbonyl (C=O) groups excluding carboxylic acids is 2. The van der Waals surface area contributed by atoms with E-state index in [0.29, 0.717) is 35.2 Å². The monoisotopic (exact) mass is 399 g/mol. The van der Waals surface area contributed by atoms with Crippen molar-refractivity contribution in [2.75, 3.05) is 12.9 Å². The number of rotatable bonds is 3. The Morgan fingerprint density at radius 2 is 2.07 bits per heavy atom. The zero-order chi connectivity index (χ0) is 19.8. The third-order valence-corrected chi connectivity index (χ3v) is 5.93. The molecule has 3 aliphatic rings. The lowest BCUT2D eigenvalue weighted by Crippen LogP contribution is -2.48. The molecule has 0 spiro atoms. The Kier molecular flexibility index (Phi) is 4.97. The molecule has 0 saturated carbocycles. The number of nitrogens with one attached hydrogen (secondary N) is 1. The van der Waals surface area contributed by atoms with Gasteiger partial charge < -0.3 is 15.2 Å². The van der Waals surface area contributed by atoms with Gasteiger partial charge >= 0.3 is 0 Å². The zero-order valence-electron chi connectivity index (χ0n) is 15.7. The summed E-state index contributed by atoms with van der Waals surface area (Å²) in [5.74, 6) is 0.158. The minimum Gasteiger partial charge on any atom is -0.504 e. The summed E-state index contributed by atoms with van der Waals surface area (Å²) in [6.07, 6.45) is 1.89. The highest BCUT2D eigenvalue weighted by Gasteiger charge is 2.46. The van der Waals surface area contributed by atoms with Crippen LogP contribution in [0, 0.1) is 5.92 Å². The number of carbonyl (C=O) groups is 2. The summed E-state index contributed by atoms with van der Waals surface area (Å²) >= 11 is 1.45. The van der Waals surface area contributed by atoms with E-state index in [9.17, 15) is 14.7 Å². The molecule has 28 heavy (non-hydrogen) atoms. The minimum atomic E-state index is -0.684. The molecule has 2 atom stereocenters. The summed E-state index contributed by atoms with van der Waals surface area (Å²) in [5, 5.41) is 13.3. The molecule has 0 aromatic heterocycles. The number of aromatic hydroxyl groups is 1. The second-order valence-corrected chi connectivity index (χ2v) is 8.09. The smallest absolute Gasteiger partial charge is 0.237 e. The van der Waals surface area contributed by atoms with Gasteiger partial charge in [0.2, 0.25) is 5.91 Å². The van der Waals surface area contributed by atoms with Gasteiger partial charge in [0.1, 0.15) is 11.8 Å². The number of phenolic OH excluding ortho intramolecular Hbond substituents is 1. The van der Waals surface area contributed by atoms with E-state index in [1.165, 1.54) is 24.9 Å². The van der Waals surface area contributed by atoms with Crippen molar-refractivity contribution in [1.82, 2.24) is 5.32 Å². The van der Waals surface area contributed by atoms with Crippen molar-refractivity contribution >= 4 is 34.5 Å². The van der Waals surface area contributed by atoms with Crippen LogP contribution in [0.5, 0.6) is 11.5 Å². The maximum Gasteiger partial charge on any atom is 0.237 e. The fraction of sp³-hybridized carbons (Fsp3) is 0.400. The number of amidine groups is 2. The Hall–Kier alpha value is -2.61. The molecule has 4 rings (SSSR count). The average Bonchev–Trinajstić information content (AvgIpc) is 2.67. The molecule has 7 nitrogen and oxygen atoms in total. The van der Waals surface area contributed by atoms with Crippen LogP contribution in [-0.2, 0) is 9.59 Å². The van der Waals surface area contributed by atoms with Crippen molar-refractivity contribution in [2.45, 2.75) is 32.1 Å². The SMILES string of the molecule is CCSC1=NC2=NC3=C(C(=O)CCC3)C(c3ccc(O)c(OC)c3)C2C(=O)N1. The van der Waals surface area contributed by atoms with E-state index in [1.54, 1.807) is 12.1 Å². The number of allylic oxidation sites excluding steroid dienone is 2. The van der Waals surface area contributed by atoms with Crippen LogP contribution in [0.2, 0.25) is 0 Å². The predicted octanol–water partition coefficient (Wildman–Crippen LogP) is 2.76. The molecule has 8 heteroatoms. The summed E-state index contributed by atoms with van der Waals surface area (Å²) in [5.41, 5.74) is 2.04. The Labute approximate surface area is 167 Å². The lowest BCUT2D eigenvalue weighted by atomic mass is 9.72. The summed E-state index contributed by atoms with van der Waals surface area (Å²) in [7, 11) is 1.47. The van der Waals surface area contributed by atoms with Crippen LogP contribution >= 0.6 is 11.8 Å². The van der Waals surface area contributed by atoms with Gasteiger partial charge in [-0.3, -0.25) is 9.59 Å². The topological polar surface area (TPSA) is 100 Å². The molecular weight excluding hydrogens is 378 g/mol. The fourth-order valence-electron chi connectivity index (χ4n) is 3.97. The Morgan fingerprint density at radius 1 is 1.25 bits per heavy atom. The molecule has 2 aliphatic heterocycles. The molecule has 0 fully saturated rings. The predicted molar refractivity (Wildman–Crippen MR) is 108 cm³/mol. The summed E-state index contributed by atoms with van der Waals surface area (Å²) < 4.78 is 5.24. The van der Waals surface area contributed by atoms with Gasteiger partial charge in [-0.2, -0.15) is 0 Å². The van der Waals surface area contributed by atoms with Crippen LogP contribution in [0.1, 0.15) is 37.7 Å². The van der Waals surface area contributed by atoms with E-state index in [-0.39, 0.29) is 17.4 Å². The van der Waals surface area contributed by atoms with Gasteiger partial charge in [0.05, 0.1) is 7.11 Å². The molecule has 1 aliphatic carbocycles. The number of nitrogens with zero attached hydrogens (tertiary/aromatic N) is 2. The number of hydrogen-bond acceptors (Lipinski definition) is 7. The highest BCUT2D eigenvalue weighted by Crippen LogP contribution is 2.45. The van der Waals surface area contributed by atoms with E-state index in [2.05, 4.69) is 15.3 Å². The second kappa shape index (κ2) is 7.43. The fourth-order valence-corrected chi connectivity index (χ4v) is 4.57. The number of ether oxygens (including phenoxy) is 1. The van der Waals surface area contributed by atoms with Crippen LogP contribution in [-0.4, -0.2) is 40.7 Å². The van der Waals surface area contributed by atoms with Crippen molar-refractivity contribution in [3.63, 3.8) is 0 Å². The molecule has 2 unspecified atom stereocenters. The number of thioether (sulfide) groups is 1. The highest BCUT2D eigenvalue weighted by atomic mass is 32.2. The van der Waals surface area contributed by atoms with E-state index < -0.39 is 11.8 Å². The van der Waals surface area contributed by atoms with Gasteiger partial charge in [-0.1, -0.05) is 24.8 Å². The standard InChI is InChI=1S/C20H21N3O4S/c1-3-28-20-22-18-17(19(26)23-20)15(10-7-8-12(24)14(9-10)27-2)16-11(21-18)5-4-6-13(16)25/h7-9,15,17,24H,3-6H2,1-2H3,(H,21,22,23,26). The molecule has 1 aromatic rings. The van der Waals surface area contributed by atoms with Crippen LogP contribution in [0.4, 0.5) is 0 Å². The van der Waals surface area contributed by atoms with Gasteiger partial charge in [0.25, 0.3) is 0 Å². The number of amides is 1. The van der Waals surface area contributed by atoms with Gasteiger partial charge in [-0.05, 0) is 36.3 Å². The Bertz CT molecular complexity index is 951. The molecule has 0 radical (unpaired) electrons. The number of benzene rings is 1. The molecule has 0 bridgehead atoms. The van der Waals surface area contributed by atoms with E-state index in [1.807, 2.05) is 6.92 Å². The number of phenols is 1. The maximum atomic E-state index is 13.0. The van der Waals surface area contributed by atoms with Crippen molar-refractivity contribution in [1.29, 1.82) is 0 Å². The summed E-state index contributed by atoms with van der Waals surface area (Å²) in [4.78, 5) is 35.0. The lowest BCUT2D eigenvalue weighted by Gasteiger charge is -2.36. The average molecular weight is 399 g/mol. The highest BCUT2D eigenvalue weighted by molar-refractivity contribution is 8.13. The van der Waals surface area contributed by atoms with Crippen LogP contribution in [0.3, 0.4) is 0 Å².